The van der Waals surface area contributed by atoms with E-state index in [1.807, 2.05) is 59.5 Å². The number of rotatable bonds is 10. The van der Waals surface area contributed by atoms with Crippen LogP contribution < -0.4 is 20.1 Å². The summed E-state index contributed by atoms with van der Waals surface area (Å²) in [5.74, 6) is 1.38. The second kappa shape index (κ2) is 12.5. The predicted octanol–water partition coefficient (Wildman–Crippen LogP) is 4.82. The highest BCUT2D eigenvalue weighted by Gasteiger charge is 2.18. The molecule has 35 heavy (non-hydrogen) atoms. The first-order chi connectivity index (χ1) is 17.2. The van der Waals surface area contributed by atoms with Gasteiger partial charge in [0.1, 0.15) is 24.7 Å². The number of para-hydroxylation sites is 1. The van der Waals surface area contributed by atoms with Crippen molar-refractivity contribution in [3.8, 4) is 11.5 Å². The molecule has 0 unspecified atom stereocenters. The number of carbonyl (C=O) groups is 2. The highest BCUT2D eigenvalue weighted by atomic mass is 16.5. The first-order valence-corrected chi connectivity index (χ1v) is 12.0. The third kappa shape index (κ3) is 7.50. The number of piperidine rings is 1. The Morgan fingerprint density at radius 2 is 1.43 bits per heavy atom. The molecule has 0 radical (unpaired) electrons. The van der Waals surface area contributed by atoms with E-state index in [1.165, 1.54) is 6.42 Å². The molecule has 1 aliphatic rings. The van der Waals surface area contributed by atoms with Crippen LogP contribution in [0.25, 0.3) is 0 Å². The van der Waals surface area contributed by atoms with Crippen molar-refractivity contribution in [2.24, 2.45) is 0 Å². The van der Waals surface area contributed by atoms with Gasteiger partial charge in [-0.25, -0.2) is 0 Å². The van der Waals surface area contributed by atoms with E-state index >= 15 is 0 Å². The fourth-order valence-electron chi connectivity index (χ4n) is 3.89. The van der Waals surface area contributed by atoms with Crippen molar-refractivity contribution in [3.05, 3.63) is 84.4 Å². The number of hydrogen-bond acceptors (Lipinski definition) is 5. The fourth-order valence-corrected chi connectivity index (χ4v) is 3.89. The van der Waals surface area contributed by atoms with Gasteiger partial charge in [-0.3, -0.25) is 9.59 Å². The van der Waals surface area contributed by atoms with Gasteiger partial charge in [0, 0.05) is 36.1 Å². The quantitative estimate of drug-likeness (QED) is 0.413. The van der Waals surface area contributed by atoms with Crippen molar-refractivity contribution in [3.63, 3.8) is 0 Å². The number of nitrogens with one attached hydrogen (secondary N) is 2. The average Bonchev–Trinajstić information content (AvgIpc) is 2.91. The van der Waals surface area contributed by atoms with E-state index in [0.29, 0.717) is 30.2 Å². The van der Waals surface area contributed by atoms with Crippen molar-refractivity contribution >= 4 is 23.2 Å². The van der Waals surface area contributed by atoms with Gasteiger partial charge >= 0.3 is 0 Å². The summed E-state index contributed by atoms with van der Waals surface area (Å²) in [5.41, 5.74) is 2.08. The Hall–Kier alpha value is -4.00. The van der Waals surface area contributed by atoms with Crippen molar-refractivity contribution in [1.29, 1.82) is 0 Å². The maximum absolute atomic E-state index is 12.6. The van der Waals surface area contributed by atoms with Crippen LogP contribution in [0.5, 0.6) is 11.5 Å². The standard InChI is InChI=1S/C28H31N3O4/c32-27(30-23-14-12-22(13-15-23)28(33)31-16-5-2-6-17-31)21-29-24-8-7-11-26(20-24)35-19-18-34-25-9-3-1-4-10-25/h1,3-4,7-15,20,29H,2,5-6,16-19,21H2,(H,30,32). The van der Waals surface area contributed by atoms with Crippen LogP contribution in [0.4, 0.5) is 11.4 Å². The molecule has 4 rings (SSSR count). The minimum Gasteiger partial charge on any atom is -0.490 e. The van der Waals surface area contributed by atoms with Gasteiger partial charge in [0.05, 0.1) is 6.54 Å². The molecule has 1 saturated heterocycles. The van der Waals surface area contributed by atoms with Gasteiger partial charge in [-0.15, -0.1) is 0 Å². The molecule has 0 aliphatic carbocycles. The minimum absolute atomic E-state index is 0.0537. The molecule has 182 valence electrons. The second-order valence-electron chi connectivity index (χ2n) is 8.37. The van der Waals surface area contributed by atoms with Crippen LogP contribution in [0.3, 0.4) is 0 Å². The van der Waals surface area contributed by atoms with Crippen LogP contribution in [0.2, 0.25) is 0 Å². The lowest BCUT2D eigenvalue weighted by Gasteiger charge is -2.26. The molecular formula is C28H31N3O4. The van der Waals surface area contributed by atoms with E-state index in [9.17, 15) is 9.59 Å². The van der Waals surface area contributed by atoms with Crippen LogP contribution in [-0.4, -0.2) is 49.6 Å². The number of carbonyl (C=O) groups excluding carboxylic acids is 2. The number of anilines is 2. The van der Waals surface area contributed by atoms with Crippen LogP contribution in [0.1, 0.15) is 29.6 Å². The summed E-state index contributed by atoms with van der Waals surface area (Å²) in [6.07, 6.45) is 3.30. The summed E-state index contributed by atoms with van der Waals surface area (Å²) in [5, 5.41) is 5.97. The van der Waals surface area contributed by atoms with E-state index in [0.717, 1.165) is 37.4 Å². The van der Waals surface area contributed by atoms with Crippen molar-refractivity contribution in [1.82, 2.24) is 4.90 Å². The highest BCUT2D eigenvalue weighted by Crippen LogP contribution is 2.18. The lowest BCUT2D eigenvalue weighted by atomic mass is 10.1. The third-order valence-electron chi connectivity index (χ3n) is 5.71. The Balaban J connectivity index is 1.19. The number of likely N-dealkylation sites (tertiary alicyclic amines) is 1. The molecule has 0 saturated carbocycles. The van der Waals surface area contributed by atoms with E-state index in [4.69, 9.17) is 9.47 Å². The van der Waals surface area contributed by atoms with E-state index in [-0.39, 0.29) is 18.4 Å². The summed E-state index contributed by atoms with van der Waals surface area (Å²) < 4.78 is 11.4. The molecule has 1 fully saturated rings. The Bertz CT molecular complexity index is 1100. The maximum Gasteiger partial charge on any atom is 0.253 e. The Morgan fingerprint density at radius 3 is 2.17 bits per heavy atom. The summed E-state index contributed by atoms with van der Waals surface area (Å²) >= 11 is 0. The number of nitrogens with zero attached hydrogens (tertiary/aromatic N) is 1. The Kier molecular flexibility index (Phi) is 8.59. The van der Waals surface area contributed by atoms with E-state index < -0.39 is 0 Å². The molecule has 1 aliphatic heterocycles. The average molecular weight is 474 g/mol. The molecule has 2 amide bonds. The molecule has 1 heterocycles. The van der Waals surface area contributed by atoms with Crippen LogP contribution in [0.15, 0.2) is 78.9 Å². The summed E-state index contributed by atoms with van der Waals surface area (Å²) in [6, 6.07) is 24.1. The van der Waals surface area contributed by atoms with Gasteiger partial charge in [-0.05, 0) is 67.8 Å². The highest BCUT2D eigenvalue weighted by molar-refractivity contribution is 5.96. The number of benzene rings is 3. The smallest absolute Gasteiger partial charge is 0.253 e. The summed E-state index contributed by atoms with van der Waals surface area (Å²) in [4.78, 5) is 26.9. The number of amides is 2. The van der Waals surface area contributed by atoms with Gasteiger partial charge in [-0.2, -0.15) is 0 Å². The van der Waals surface area contributed by atoms with Gasteiger partial charge in [0.25, 0.3) is 5.91 Å². The normalized spacial score (nSPS) is 13.1. The predicted molar refractivity (Wildman–Crippen MR) is 137 cm³/mol. The summed E-state index contributed by atoms with van der Waals surface area (Å²) in [6.45, 7) is 2.59. The molecule has 0 spiro atoms. The van der Waals surface area contributed by atoms with Gasteiger partial charge < -0.3 is 25.0 Å². The summed E-state index contributed by atoms with van der Waals surface area (Å²) in [7, 11) is 0. The van der Waals surface area contributed by atoms with Crippen LogP contribution in [-0.2, 0) is 4.79 Å². The van der Waals surface area contributed by atoms with E-state index in [2.05, 4.69) is 10.6 Å². The largest absolute Gasteiger partial charge is 0.490 e. The zero-order valence-corrected chi connectivity index (χ0v) is 19.7. The Labute approximate surface area is 206 Å². The number of hydrogen-bond donors (Lipinski definition) is 2. The van der Waals surface area contributed by atoms with Crippen molar-refractivity contribution in [2.75, 3.05) is 43.5 Å². The first-order valence-electron chi connectivity index (χ1n) is 12.0. The molecular weight excluding hydrogens is 442 g/mol. The monoisotopic (exact) mass is 473 g/mol. The SMILES string of the molecule is O=C(CNc1cccc(OCCOc2ccccc2)c1)Nc1ccc(C(=O)N2CCCCC2)cc1. The van der Waals surface area contributed by atoms with E-state index in [1.54, 1.807) is 24.3 Å². The molecule has 0 atom stereocenters. The van der Waals surface area contributed by atoms with Crippen LogP contribution in [0, 0.1) is 0 Å². The van der Waals surface area contributed by atoms with Crippen LogP contribution >= 0.6 is 0 Å². The number of ether oxygens (including phenoxy) is 2. The molecule has 0 aromatic heterocycles. The molecule has 3 aromatic rings. The van der Waals surface area contributed by atoms with Gasteiger partial charge in [0.15, 0.2) is 0 Å². The zero-order valence-electron chi connectivity index (χ0n) is 19.7. The molecule has 2 N–H and O–H groups in total. The van der Waals surface area contributed by atoms with Crippen molar-refractivity contribution in [2.45, 2.75) is 19.3 Å². The molecule has 7 nitrogen and oxygen atoms in total. The molecule has 0 bridgehead atoms. The van der Waals surface area contributed by atoms with Crippen molar-refractivity contribution < 1.29 is 19.1 Å². The second-order valence-corrected chi connectivity index (χ2v) is 8.37. The topological polar surface area (TPSA) is 79.9 Å². The van der Waals surface area contributed by atoms with Gasteiger partial charge in [-0.1, -0.05) is 24.3 Å². The fraction of sp³-hybridized carbons (Fsp3) is 0.286. The Morgan fingerprint density at radius 1 is 0.743 bits per heavy atom. The third-order valence-corrected chi connectivity index (χ3v) is 5.71. The lowest BCUT2D eigenvalue weighted by Crippen LogP contribution is -2.35. The lowest BCUT2D eigenvalue weighted by molar-refractivity contribution is -0.114. The first kappa shape index (κ1) is 24.1. The zero-order chi connectivity index (χ0) is 24.3. The minimum atomic E-state index is -0.178. The van der Waals surface area contributed by atoms with Gasteiger partial charge in [0.2, 0.25) is 5.91 Å². The molecule has 3 aromatic carbocycles. The molecule has 7 heteroatoms. The maximum atomic E-state index is 12.6.